The Balaban J connectivity index is 2.07. The van der Waals surface area contributed by atoms with E-state index in [9.17, 15) is 19.7 Å². The van der Waals surface area contributed by atoms with Crippen molar-refractivity contribution < 1.29 is 33.5 Å². The lowest BCUT2D eigenvalue weighted by Gasteiger charge is -2.15. The molecule has 0 bridgehead atoms. The molecule has 0 aliphatic carbocycles. The molecule has 0 fully saturated rings. The van der Waals surface area contributed by atoms with Crippen molar-refractivity contribution in [3.8, 4) is 17.2 Å². The molecule has 2 rings (SSSR count). The molecule has 10 heteroatoms. The Labute approximate surface area is 172 Å². The van der Waals surface area contributed by atoms with Gasteiger partial charge in [-0.05, 0) is 36.8 Å². The van der Waals surface area contributed by atoms with Crippen molar-refractivity contribution >= 4 is 17.6 Å². The lowest BCUT2D eigenvalue weighted by atomic mass is 10.2. The van der Waals surface area contributed by atoms with Crippen LogP contribution >= 0.6 is 0 Å². The first-order chi connectivity index (χ1) is 14.3. The van der Waals surface area contributed by atoms with Crippen molar-refractivity contribution in [2.45, 2.75) is 19.6 Å². The number of hydrogen-bond donors (Lipinski definition) is 1. The van der Waals surface area contributed by atoms with Crippen LogP contribution < -0.4 is 19.5 Å². The topological polar surface area (TPSA) is 126 Å². The summed E-state index contributed by atoms with van der Waals surface area (Å²) in [6.07, 6.45) is -1.02. The van der Waals surface area contributed by atoms with Gasteiger partial charge in [0.05, 0.1) is 31.8 Å². The summed E-state index contributed by atoms with van der Waals surface area (Å²) in [5, 5.41) is 14.0. The maximum absolute atomic E-state index is 12.4. The molecule has 0 radical (unpaired) electrons. The van der Waals surface area contributed by atoms with Crippen LogP contribution in [0.15, 0.2) is 36.4 Å². The SMILES string of the molecule is COC(=O)c1ccc(O[C@H](C)C(=O)NCc2ccc(OC)c(OC)c2)c([N+](=O)[O-])c1. The number of benzene rings is 2. The molecule has 0 spiro atoms. The van der Waals surface area contributed by atoms with Crippen LogP contribution in [0.3, 0.4) is 0 Å². The highest BCUT2D eigenvalue weighted by molar-refractivity contribution is 5.90. The van der Waals surface area contributed by atoms with Gasteiger partial charge in [-0.3, -0.25) is 14.9 Å². The Morgan fingerprint density at radius 2 is 1.70 bits per heavy atom. The number of rotatable bonds is 9. The van der Waals surface area contributed by atoms with Crippen LogP contribution in [-0.2, 0) is 16.1 Å². The van der Waals surface area contributed by atoms with E-state index in [2.05, 4.69) is 10.1 Å². The van der Waals surface area contributed by atoms with E-state index in [-0.39, 0.29) is 17.9 Å². The van der Waals surface area contributed by atoms with Gasteiger partial charge in [-0.1, -0.05) is 6.07 Å². The number of esters is 1. The zero-order valence-corrected chi connectivity index (χ0v) is 17.0. The summed E-state index contributed by atoms with van der Waals surface area (Å²) in [7, 11) is 4.20. The van der Waals surface area contributed by atoms with E-state index in [4.69, 9.17) is 14.2 Å². The molecule has 1 N–H and O–H groups in total. The zero-order valence-electron chi connectivity index (χ0n) is 17.0. The van der Waals surface area contributed by atoms with E-state index in [1.54, 1.807) is 18.2 Å². The number of methoxy groups -OCH3 is 3. The Morgan fingerprint density at radius 3 is 2.30 bits per heavy atom. The highest BCUT2D eigenvalue weighted by Crippen LogP contribution is 2.29. The Kier molecular flexibility index (Phi) is 7.56. The van der Waals surface area contributed by atoms with Crippen LogP contribution in [0.25, 0.3) is 0 Å². The van der Waals surface area contributed by atoms with E-state index < -0.39 is 28.6 Å². The van der Waals surface area contributed by atoms with Gasteiger partial charge in [0.15, 0.2) is 23.4 Å². The Hall–Kier alpha value is -3.82. The number of nitrogens with zero attached hydrogens (tertiary/aromatic N) is 1. The van der Waals surface area contributed by atoms with Crippen LogP contribution in [0.4, 0.5) is 5.69 Å². The molecular weight excluding hydrogens is 396 g/mol. The third-order valence-electron chi connectivity index (χ3n) is 4.16. The summed E-state index contributed by atoms with van der Waals surface area (Å²) in [4.78, 5) is 34.5. The molecule has 0 unspecified atom stereocenters. The fraction of sp³-hybridized carbons (Fsp3) is 0.300. The van der Waals surface area contributed by atoms with Gasteiger partial charge in [0.25, 0.3) is 5.91 Å². The lowest BCUT2D eigenvalue weighted by molar-refractivity contribution is -0.386. The summed E-state index contributed by atoms with van der Waals surface area (Å²) in [6.45, 7) is 1.65. The van der Waals surface area contributed by atoms with Crippen LogP contribution in [0.2, 0.25) is 0 Å². The van der Waals surface area contributed by atoms with Crippen molar-refractivity contribution in [1.29, 1.82) is 0 Å². The van der Waals surface area contributed by atoms with Crippen LogP contribution in [0.5, 0.6) is 17.2 Å². The summed E-state index contributed by atoms with van der Waals surface area (Å²) in [5.74, 6) is -0.246. The number of nitro groups is 1. The molecule has 2 aromatic rings. The Bertz CT molecular complexity index is 944. The lowest BCUT2D eigenvalue weighted by Crippen LogP contribution is -2.36. The minimum Gasteiger partial charge on any atom is -0.493 e. The van der Waals surface area contributed by atoms with Crippen molar-refractivity contribution in [3.63, 3.8) is 0 Å². The van der Waals surface area contributed by atoms with E-state index >= 15 is 0 Å². The minimum atomic E-state index is -1.02. The van der Waals surface area contributed by atoms with Gasteiger partial charge in [-0.15, -0.1) is 0 Å². The molecule has 1 amide bonds. The fourth-order valence-corrected chi connectivity index (χ4v) is 2.57. The molecule has 1 atom stereocenters. The smallest absolute Gasteiger partial charge is 0.338 e. The maximum Gasteiger partial charge on any atom is 0.338 e. The number of ether oxygens (including phenoxy) is 4. The number of nitrogens with one attached hydrogen (secondary N) is 1. The number of amides is 1. The van der Waals surface area contributed by atoms with E-state index in [1.165, 1.54) is 40.4 Å². The van der Waals surface area contributed by atoms with E-state index in [1.807, 2.05) is 0 Å². The van der Waals surface area contributed by atoms with Gasteiger partial charge >= 0.3 is 11.7 Å². The van der Waals surface area contributed by atoms with Crippen molar-refractivity contribution in [3.05, 3.63) is 57.6 Å². The van der Waals surface area contributed by atoms with Gasteiger partial charge in [0.2, 0.25) is 0 Å². The number of carbonyl (C=O) groups is 2. The first-order valence-corrected chi connectivity index (χ1v) is 8.82. The highest BCUT2D eigenvalue weighted by atomic mass is 16.6. The predicted molar refractivity (Wildman–Crippen MR) is 106 cm³/mol. The second-order valence-electron chi connectivity index (χ2n) is 6.10. The largest absolute Gasteiger partial charge is 0.493 e. The molecular formula is C20H22N2O8. The molecule has 30 heavy (non-hydrogen) atoms. The molecule has 0 saturated carbocycles. The van der Waals surface area contributed by atoms with Crippen molar-refractivity contribution in [2.24, 2.45) is 0 Å². The summed E-state index contributed by atoms with van der Waals surface area (Å²) < 4.78 is 20.4. The summed E-state index contributed by atoms with van der Waals surface area (Å²) in [5.41, 5.74) is 0.321. The molecule has 160 valence electrons. The first-order valence-electron chi connectivity index (χ1n) is 8.82. The number of carbonyl (C=O) groups excluding carboxylic acids is 2. The van der Waals surface area contributed by atoms with Gasteiger partial charge < -0.3 is 24.3 Å². The van der Waals surface area contributed by atoms with Crippen LogP contribution in [0, 0.1) is 10.1 Å². The highest BCUT2D eigenvalue weighted by Gasteiger charge is 2.23. The van der Waals surface area contributed by atoms with Crippen molar-refractivity contribution in [1.82, 2.24) is 5.32 Å². The molecule has 0 aliphatic heterocycles. The number of hydrogen-bond acceptors (Lipinski definition) is 8. The molecule has 0 heterocycles. The standard InChI is InChI=1S/C20H22N2O8/c1-12(19(23)21-11-13-5-7-17(27-2)18(9-13)28-3)30-16-8-6-14(20(24)29-4)10-15(16)22(25)26/h5-10,12H,11H2,1-4H3,(H,21,23)/t12-/m1/s1. The van der Waals surface area contributed by atoms with Gasteiger partial charge in [0.1, 0.15) is 0 Å². The quantitative estimate of drug-likeness (QED) is 0.374. The van der Waals surface area contributed by atoms with Gasteiger partial charge in [-0.25, -0.2) is 4.79 Å². The third kappa shape index (κ3) is 5.37. The predicted octanol–water partition coefficient (Wildman–Crippen LogP) is 2.48. The van der Waals surface area contributed by atoms with Crippen LogP contribution in [0.1, 0.15) is 22.8 Å². The van der Waals surface area contributed by atoms with Crippen LogP contribution in [-0.4, -0.2) is 44.2 Å². The fourth-order valence-electron chi connectivity index (χ4n) is 2.57. The second-order valence-corrected chi connectivity index (χ2v) is 6.10. The average Bonchev–Trinajstić information content (AvgIpc) is 2.76. The third-order valence-corrected chi connectivity index (χ3v) is 4.16. The monoisotopic (exact) mass is 418 g/mol. The average molecular weight is 418 g/mol. The normalized spacial score (nSPS) is 11.2. The Morgan fingerprint density at radius 1 is 1.03 bits per heavy atom. The van der Waals surface area contributed by atoms with E-state index in [0.717, 1.165) is 11.6 Å². The minimum absolute atomic E-state index is 0.00195. The van der Waals surface area contributed by atoms with Gasteiger partial charge in [0, 0.05) is 12.6 Å². The van der Waals surface area contributed by atoms with Crippen molar-refractivity contribution in [2.75, 3.05) is 21.3 Å². The first kappa shape index (κ1) is 22.5. The molecule has 0 saturated heterocycles. The van der Waals surface area contributed by atoms with Gasteiger partial charge in [-0.2, -0.15) is 0 Å². The zero-order chi connectivity index (χ0) is 22.3. The molecule has 2 aromatic carbocycles. The molecule has 0 aromatic heterocycles. The maximum atomic E-state index is 12.4. The molecule has 10 nitrogen and oxygen atoms in total. The summed E-state index contributed by atoms with van der Waals surface area (Å²) >= 11 is 0. The van der Waals surface area contributed by atoms with E-state index in [0.29, 0.717) is 11.5 Å². The molecule has 0 aliphatic rings. The second kappa shape index (κ2) is 10.1. The number of nitro benzene ring substituents is 1. The summed E-state index contributed by atoms with van der Waals surface area (Å²) in [6, 6.07) is 8.82.